The first kappa shape index (κ1) is 14.4. The predicted octanol–water partition coefficient (Wildman–Crippen LogP) is 0.526. The zero-order valence-corrected chi connectivity index (χ0v) is 11.7. The smallest absolute Gasteiger partial charge is 0.237 e. The Bertz CT molecular complexity index is 359. The highest BCUT2D eigenvalue weighted by atomic mass is 32.2. The summed E-state index contributed by atoms with van der Waals surface area (Å²) in [7, 11) is -3.30. The molecule has 0 aliphatic carbocycles. The molecule has 0 unspecified atom stereocenters. The lowest BCUT2D eigenvalue weighted by molar-refractivity contribution is -0.130. The number of amides is 1. The van der Waals surface area contributed by atoms with Crippen LogP contribution in [0, 0.1) is 5.92 Å². The van der Waals surface area contributed by atoms with Crippen LogP contribution in [0.2, 0.25) is 0 Å². The first-order valence-corrected chi connectivity index (χ1v) is 7.88. The topological polar surface area (TPSA) is 57.7 Å². The van der Waals surface area contributed by atoms with Crippen molar-refractivity contribution in [1.82, 2.24) is 9.21 Å². The quantitative estimate of drug-likeness (QED) is 0.726. The summed E-state index contributed by atoms with van der Waals surface area (Å²) in [6.45, 7) is 5.79. The Balaban J connectivity index is 2.62. The van der Waals surface area contributed by atoms with Gasteiger partial charge in [0, 0.05) is 19.6 Å². The Morgan fingerprint density at radius 1 is 1.29 bits per heavy atom. The van der Waals surface area contributed by atoms with Gasteiger partial charge < -0.3 is 4.90 Å². The summed E-state index contributed by atoms with van der Waals surface area (Å²) >= 11 is 0. The van der Waals surface area contributed by atoms with E-state index >= 15 is 0 Å². The predicted molar refractivity (Wildman–Crippen MR) is 67.1 cm³/mol. The average molecular weight is 262 g/mol. The van der Waals surface area contributed by atoms with Crippen molar-refractivity contribution in [2.24, 2.45) is 5.92 Å². The number of hydrogen-bond acceptors (Lipinski definition) is 3. The van der Waals surface area contributed by atoms with Gasteiger partial charge >= 0.3 is 0 Å². The van der Waals surface area contributed by atoms with E-state index in [0.717, 1.165) is 32.2 Å². The molecule has 1 heterocycles. The minimum absolute atomic E-state index is 0.0169. The van der Waals surface area contributed by atoms with Gasteiger partial charge in [0.25, 0.3) is 0 Å². The standard InChI is InChI=1S/C11H22N2O3S/c1-10(2)8-13(17(3,15)16)9-11(14)12-6-4-5-7-12/h10H,4-9H2,1-3H3. The molecule has 1 rings (SSSR count). The van der Waals surface area contributed by atoms with Crippen molar-refractivity contribution in [3.05, 3.63) is 0 Å². The zero-order valence-electron chi connectivity index (χ0n) is 10.8. The van der Waals surface area contributed by atoms with Crippen LogP contribution in [0.15, 0.2) is 0 Å². The number of nitrogens with zero attached hydrogens (tertiary/aromatic N) is 2. The molecule has 0 saturated carbocycles. The van der Waals surface area contributed by atoms with E-state index in [0.29, 0.717) is 6.54 Å². The van der Waals surface area contributed by atoms with E-state index in [4.69, 9.17) is 0 Å². The number of hydrogen-bond donors (Lipinski definition) is 0. The molecule has 1 aliphatic heterocycles. The molecule has 6 heteroatoms. The molecule has 0 aromatic heterocycles. The molecule has 1 fully saturated rings. The molecule has 1 aliphatic rings. The van der Waals surface area contributed by atoms with Crippen LogP contribution in [0.1, 0.15) is 26.7 Å². The highest BCUT2D eigenvalue weighted by Crippen LogP contribution is 2.10. The van der Waals surface area contributed by atoms with Crippen LogP contribution in [0.25, 0.3) is 0 Å². The molecule has 0 radical (unpaired) electrons. The summed E-state index contributed by atoms with van der Waals surface area (Å²) in [5.41, 5.74) is 0. The molecule has 100 valence electrons. The first-order valence-electron chi connectivity index (χ1n) is 6.03. The Morgan fingerprint density at radius 3 is 2.24 bits per heavy atom. The fraction of sp³-hybridized carbons (Fsp3) is 0.909. The van der Waals surface area contributed by atoms with Crippen molar-refractivity contribution in [1.29, 1.82) is 0 Å². The third-order valence-electron chi connectivity index (χ3n) is 2.81. The van der Waals surface area contributed by atoms with Crippen molar-refractivity contribution >= 4 is 15.9 Å². The molecule has 17 heavy (non-hydrogen) atoms. The summed E-state index contributed by atoms with van der Waals surface area (Å²) in [5, 5.41) is 0. The van der Waals surface area contributed by atoms with Gasteiger partial charge in [0.1, 0.15) is 0 Å². The lowest BCUT2D eigenvalue weighted by Gasteiger charge is -2.24. The van der Waals surface area contributed by atoms with Gasteiger partial charge in [0.2, 0.25) is 15.9 Å². The summed E-state index contributed by atoms with van der Waals surface area (Å²) in [4.78, 5) is 13.7. The van der Waals surface area contributed by atoms with Crippen LogP contribution >= 0.6 is 0 Å². The number of rotatable bonds is 5. The highest BCUT2D eigenvalue weighted by molar-refractivity contribution is 7.88. The minimum Gasteiger partial charge on any atom is -0.342 e. The Kier molecular flexibility index (Phi) is 4.94. The van der Waals surface area contributed by atoms with Crippen LogP contribution in [-0.4, -0.2) is 56.0 Å². The van der Waals surface area contributed by atoms with Crippen molar-refractivity contribution in [3.63, 3.8) is 0 Å². The summed E-state index contributed by atoms with van der Waals surface area (Å²) in [6.07, 6.45) is 3.20. The van der Waals surface area contributed by atoms with Crippen LogP contribution in [-0.2, 0) is 14.8 Å². The van der Waals surface area contributed by atoms with Gasteiger partial charge in [-0.25, -0.2) is 8.42 Å². The number of carbonyl (C=O) groups excluding carboxylic acids is 1. The summed E-state index contributed by atoms with van der Waals surface area (Å²) in [6, 6.07) is 0. The third-order valence-corrected chi connectivity index (χ3v) is 4.02. The van der Waals surface area contributed by atoms with Crippen LogP contribution in [0.3, 0.4) is 0 Å². The van der Waals surface area contributed by atoms with Gasteiger partial charge in [-0.05, 0) is 18.8 Å². The minimum atomic E-state index is -3.30. The van der Waals surface area contributed by atoms with E-state index in [-0.39, 0.29) is 18.4 Å². The molecule has 0 aromatic rings. The molecular formula is C11H22N2O3S. The second-order valence-electron chi connectivity index (χ2n) is 5.04. The summed E-state index contributed by atoms with van der Waals surface area (Å²) in [5.74, 6) is 0.143. The molecule has 1 amide bonds. The van der Waals surface area contributed by atoms with E-state index in [1.807, 2.05) is 13.8 Å². The normalized spacial score (nSPS) is 17.1. The average Bonchev–Trinajstić information content (AvgIpc) is 2.66. The van der Waals surface area contributed by atoms with E-state index < -0.39 is 10.0 Å². The van der Waals surface area contributed by atoms with Gasteiger partial charge in [0.15, 0.2) is 0 Å². The van der Waals surface area contributed by atoms with E-state index in [1.165, 1.54) is 4.31 Å². The van der Waals surface area contributed by atoms with E-state index in [1.54, 1.807) is 4.90 Å². The van der Waals surface area contributed by atoms with Crippen LogP contribution in [0.5, 0.6) is 0 Å². The van der Waals surface area contributed by atoms with Gasteiger partial charge in [-0.3, -0.25) is 4.79 Å². The zero-order chi connectivity index (χ0) is 13.1. The Labute approximate surface area is 104 Å². The number of carbonyl (C=O) groups is 1. The largest absolute Gasteiger partial charge is 0.342 e. The molecular weight excluding hydrogens is 240 g/mol. The molecule has 0 aromatic carbocycles. The molecule has 0 spiro atoms. The van der Waals surface area contributed by atoms with Crippen molar-refractivity contribution in [3.8, 4) is 0 Å². The van der Waals surface area contributed by atoms with Crippen molar-refractivity contribution in [2.75, 3.05) is 32.4 Å². The fourth-order valence-electron chi connectivity index (χ4n) is 1.94. The van der Waals surface area contributed by atoms with Gasteiger partial charge in [-0.15, -0.1) is 0 Å². The fourth-order valence-corrected chi connectivity index (χ4v) is 2.86. The van der Waals surface area contributed by atoms with Crippen molar-refractivity contribution < 1.29 is 13.2 Å². The molecule has 1 saturated heterocycles. The maximum absolute atomic E-state index is 11.9. The monoisotopic (exact) mass is 262 g/mol. The Morgan fingerprint density at radius 2 is 1.82 bits per heavy atom. The van der Waals surface area contributed by atoms with Crippen LogP contribution < -0.4 is 0 Å². The van der Waals surface area contributed by atoms with Gasteiger partial charge in [0.05, 0.1) is 12.8 Å². The molecule has 0 N–H and O–H groups in total. The number of likely N-dealkylation sites (tertiary alicyclic amines) is 1. The lowest BCUT2D eigenvalue weighted by atomic mass is 10.2. The maximum atomic E-state index is 11.9. The van der Waals surface area contributed by atoms with E-state index in [2.05, 4.69) is 0 Å². The molecule has 5 nitrogen and oxygen atoms in total. The number of sulfonamides is 1. The maximum Gasteiger partial charge on any atom is 0.237 e. The third kappa shape index (κ3) is 4.63. The van der Waals surface area contributed by atoms with Crippen LogP contribution in [0.4, 0.5) is 0 Å². The molecule has 0 atom stereocenters. The SMILES string of the molecule is CC(C)CN(CC(=O)N1CCCC1)S(C)(=O)=O. The summed E-state index contributed by atoms with van der Waals surface area (Å²) < 4.78 is 24.4. The van der Waals surface area contributed by atoms with Gasteiger partial charge in [-0.2, -0.15) is 4.31 Å². The second-order valence-corrected chi connectivity index (χ2v) is 7.02. The first-order chi connectivity index (χ1) is 7.80. The van der Waals surface area contributed by atoms with Crippen molar-refractivity contribution in [2.45, 2.75) is 26.7 Å². The van der Waals surface area contributed by atoms with Gasteiger partial charge in [-0.1, -0.05) is 13.8 Å². The molecule has 0 bridgehead atoms. The second kappa shape index (κ2) is 5.82. The highest BCUT2D eigenvalue weighted by Gasteiger charge is 2.25. The van der Waals surface area contributed by atoms with E-state index in [9.17, 15) is 13.2 Å². The Hall–Kier alpha value is -0.620. The lowest BCUT2D eigenvalue weighted by Crippen LogP contribution is -2.42.